The Morgan fingerprint density at radius 3 is 2.91 bits per heavy atom. The molecule has 23 heavy (non-hydrogen) atoms. The van der Waals surface area contributed by atoms with Crippen molar-refractivity contribution in [3.8, 4) is 11.1 Å². The molecule has 5 rings (SSSR count). The molecule has 0 bridgehead atoms. The number of halogens is 2. The number of nitrogens with zero attached hydrogens (tertiary/aromatic N) is 1. The minimum absolute atomic E-state index is 0.319. The molecule has 0 radical (unpaired) electrons. The highest BCUT2D eigenvalue weighted by Crippen LogP contribution is 2.56. The minimum atomic E-state index is -0.319. The maximum atomic E-state index is 13.4. The lowest BCUT2D eigenvalue weighted by Crippen LogP contribution is -2.14. The molecule has 3 heteroatoms. The second-order valence-corrected chi connectivity index (χ2v) is 6.61. The molecule has 1 unspecified atom stereocenters. The standard InChI is InChI=1S/C20H13ClFN/c21-18-9-11(22)6-7-13(18)17-10-16-12-3-1-4-14(12)19(16)15-5-2-8-23-20(15)17/h2,4-10,12H,1,3H2. The molecule has 0 fully saturated rings. The van der Waals surface area contributed by atoms with Gasteiger partial charge in [-0.25, -0.2) is 4.39 Å². The Morgan fingerprint density at radius 1 is 1.13 bits per heavy atom. The second-order valence-electron chi connectivity index (χ2n) is 6.20. The van der Waals surface area contributed by atoms with E-state index in [0.717, 1.165) is 23.1 Å². The summed E-state index contributed by atoms with van der Waals surface area (Å²) in [5.41, 5.74) is 6.97. The topological polar surface area (TPSA) is 12.9 Å². The first-order chi connectivity index (χ1) is 11.2. The van der Waals surface area contributed by atoms with E-state index in [-0.39, 0.29) is 5.82 Å². The van der Waals surface area contributed by atoms with E-state index in [9.17, 15) is 4.39 Å². The van der Waals surface area contributed by atoms with Crippen molar-refractivity contribution in [1.29, 1.82) is 0 Å². The van der Waals surface area contributed by atoms with Gasteiger partial charge in [0.2, 0.25) is 0 Å². The molecule has 0 spiro atoms. The molecule has 112 valence electrons. The smallest absolute Gasteiger partial charge is 0.124 e. The fourth-order valence-electron chi connectivity index (χ4n) is 4.01. The fraction of sp³-hybridized carbons (Fsp3) is 0.150. The molecule has 1 heterocycles. The molecule has 2 aliphatic carbocycles. The first-order valence-corrected chi connectivity index (χ1v) is 8.19. The number of benzene rings is 2. The lowest BCUT2D eigenvalue weighted by Gasteiger charge is -2.32. The number of fused-ring (bicyclic) bond motifs is 6. The Hall–Kier alpha value is -2.19. The van der Waals surface area contributed by atoms with Crippen LogP contribution in [0.2, 0.25) is 5.02 Å². The molecule has 3 aromatic rings. The number of pyridine rings is 1. The molecular weight excluding hydrogens is 309 g/mol. The maximum Gasteiger partial charge on any atom is 0.124 e. The molecule has 0 amide bonds. The van der Waals surface area contributed by atoms with Crippen LogP contribution in [0.1, 0.15) is 29.9 Å². The lowest BCUT2D eigenvalue weighted by atomic mass is 9.71. The molecule has 2 aliphatic rings. The largest absolute Gasteiger partial charge is 0.256 e. The van der Waals surface area contributed by atoms with E-state index in [4.69, 9.17) is 11.6 Å². The van der Waals surface area contributed by atoms with Gasteiger partial charge in [-0.1, -0.05) is 23.7 Å². The van der Waals surface area contributed by atoms with Crippen LogP contribution >= 0.6 is 11.6 Å². The van der Waals surface area contributed by atoms with Crippen LogP contribution in [0.15, 0.2) is 48.7 Å². The third-order valence-electron chi connectivity index (χ3n) is 5.00. The predicted molar refractivity (Wildman–Crippen MR) is 92.1 cm³/mol. The first kappa shape index (κ1) is 13.3. The summed E-state index contributed by atoms with van der Waals surface area (Å²) in [4.78, 5) is 4.59. The highest BCUT2D eigenvalue weighted by Gasteiger charge is 2.37. The van der Waals surface area contributed by atoms with Crippen LogP contribution in [0.3, 0.4) is 0 Å². The number of rotatable bonds is 1. The van der Waals surface area contributed by atoms with E-state index in [0.29, 0.717) is 10.9 Å². The number of hydrogen-bond donors (Lipinski definition) is 0. The van der Waals surface area contributed by atoms with E-state index >= 15 is 0 Å². The lowest BCUT2D eigenvalue weighted by molar-refractivity contribution is 0.628. The molecular formula is C20H13ClFN. The summed E-state index contributed by atoms with van der Waals surface area (Å²) in [7, 11) is 0. The van der Waals surface area contributed by atoms with Crippen molar-refractivity contribution in [2.24, 2.45) is 0 Å². The van der Waals surface area contributed by atoms with Crippen LogP contribution in [-0.2, 0) is 0 Å². The minimum Gasteiger partial charge on any atom is -0.256 e. The summed E-state index contributed by atoms with van der Waals surface area (Å²) in [5, 5.41) is 1.60. The van der Waals surface area contributed by atoms with E-state index in [1.54, 1.807) is 12.3 Å². The van der Waals surface area contributed by atoms with Gasteiger partial charge < -0.3 is 0 Å². The Balaban J connectivity index is 1.86. The van der Waals surface area contributed by atoms with Crippen LogP contribution in [0.4, 0.5) is 4.39 Å². The highest BCUT2D eigenvalue weighted by atomic mass is 35.5. The highest BCUT2D eigenvalue weighted by molar-refractivity contribution is 6.33. The van der Waals surface area contributed by atoms with Crippen molar-refractivity contribution in [2.75, 3.05) is 0 Å². The van der Waals surface area contributed by atoms with Crippen LogP contribution in [-0.4, -0.2) is 4.98 Å². The van der Waals surface area contributed by atoms with Crippen molar-refractivity contribution in [3.63, 3.8) is 0 Å². The third kappa shape index (κ3) is 1.76. The zero-order valence-corrected chi connectivity index (χ0v) is 13.1. The van der Waals surface area contributed by atoms with Gasteiger partial charge >= 0.3 is 0 Å². The van der Waals surface area contributed by atoms with E-state index in [1.165, 1.54) is 40.6 Å². The molecule has 0 aliphatic heterocycles. The van der Waals surface area contributed by atoms with Crippen LogP contribution in [0.5, 0.6) is 0 Å². The monoisotopic (exact) mass is 321 g/mol. The van der Waals surface area contributed by atoms with Gasteiger partial charge in [-0.15, -0.1) is 0 Å². The number of hydrogen-bond acceptors (Lipinski definition) is 1. The van der Waals surface area contributed by atoms with E-state index in [1.807, 2.05) is 6.07 Å². The summed E-state index contributed by atoms with van der Waals surface area (Å²) in [5.74, 6) is 0.230. The van der Waals surface area contributed by atoms with E-state index in [2.05, 4.69) is 23.2 Å². The average molecular weight is 322 g/mol. The van der Waals surface area contributed by atoms with Gasteiger partial charge in [0.1, 0.15) is 5.82 Å². The van der Waals surface area contributed by atoms with Crippen molar-refractivity contribution < 1.29 is 4.39 Å². The van der Waals surface area contributed by atoms with Gasteiger partial charge in [0.05, 0.1) is 10.5 Å². The van der Waals surface area contributed by atoms with Gasteiger partial charge in [0.15, 0.2) is 0 Å². The molecule has 0 N–H and O–H groups in total. The fourth-order valence-corrected chi connectivity index (χ4v) is 4.28. The second kappa shape index (κ2) is 4.65. The summed E-state index contributed by atoms with van der Waals surface area (Å²) in [6.07, 6.45) is 6.48. The first-order valence-electron chi connectivity index (χ1n) is 7.81. The van der Waals surface area contributed by atoms with Crippen LogP contribution in [0.25, 0.3) is 27.6 Å². The summed E-state index contributed by atoms with van der Waals surface area (Å²) in [6.45, 7) is 0. The summed E-state index contributed by atoms with van der Waals surface area (Å²) >= 11 is 6.31. The van der Waals surface area contributed by atoms with Crippen LogP contribution in [0, 0.1) is 5.82 Å². The van der Waals surface area contributed by atoms with Gasteiger partial charge in [0, 0.05) is 28.6 Å². The number of allylic oxidation sites excluding steroid dienone is 2. The third-order valence-corrected chi connectivity index (χ3v) is 5.31. The van der Waals surface area contributed by atoms with Crippen molar-refractivity contribution in [2.45, 2.75) is 18.8 Å². The van der Waals surface area contributed by atoms with Gasteiger partial charge in [0.25, 0.3) is 0 Å². The van der Waals surface area contributed by atoms with Gasteiger partial charge in [-0.2, -0.15) is 0 Å². The van der Waals surface area contributed by atoms with Crippen molar-refractivity contribution in [3.05, 3.63) is 70.6 Å². The molecule has 1 nitrogen and oxygen atoms in total. The predicted octanol–water partition coefficient (Wildman–Crippen LogP) is 5.97. The van der Waals surface area contributed by atoms with Gasteiger partial charge in [-0.05, 0) is 59.9 Å². The maximum absolute atomic E-state index is 13.4. The molecule has 0 saturated carbocycles. The summed E-state index contributed by atoms with van der Waals surface area (Å²) < 4.78 is 13.4. The Labute approximate surface area is 138 Å². The van der Waals surface area contributed by atoms with Crippen molar-refractivity contribution >= 4 is 28.1 Å². The van der Waals surface area contributed by atoms with Crippen molar-refractivity contribution in [1.82, 2.24) is 4.98 Å². The zero-order valence-electron chi connectivity index (χ0n) is 12.3. The quantitative estimate of drug-likeness (QED) is 0.538. The molecule has 1 atom stereocenters. The average Bonchev–Trinajstić information content (AvgIpc) is 2.95. The van der Waals surface area contributed by atoms with E-state index < -0.39 is 0 Å². The number of aromatic nitrogens is 1. The zero-order chi connectivity index (χ0) is 15.6. The Morgan fingerprint density at radius 2 is 2.04 bits per heavy atom. The van der Waals surface area contributed by atoms with Crippen LogP contribution < -0.4 is 0 Å². The molecule has 2 aromatic carbocycles. The normalized spacial score (nSPS) is 18.3. The SMILES string of the molecule is Fc1ccc(-c2cc3c(c4cccnc24)C2=CCCC23)c(Cl)c1. The Bertz CT molecular complexity index is 1010. The molecule has 0 saturated heterocycles. The Kier molecular flexibility index (Phi) is 2.68. The summed E-state index contributed by atoms with van der Waals surface area (Å²) in [6, 6.07) is 10.9. The van der Waals surface area contributed by atoms with Gasteiger partial charge in [-0.3, -0.25) is 4.98 Å². The molecule has 1 aromatic heterocycles.